The van der Waals surface area contributed by atoms with Crippen molar-refractivity contribution in [3.63, 3.8) is 0 Å². The van der Waals surface area contributed by atoms with Crippen LogP contribution in [0.25, 0.3) is 0 Å². The van der Waals surface area contributed by atoms with E-state index in [1.165, 1.54) is 6.92 Å². The summed E-state index contributed by atoms with van der Waals surface area (Å²) in [5.41, 5.74) is 2.23. The van der Waals surface area contributed by atoms with E-state index in [-0.39, 0.29) is 23.9 Å². The van der Waals surface area contributed by atoms with Crippen molar-refractivity contribution < 1.29 is 9.59 Å². The van der Waals surface area contributed by atoms with Crippen molar-refractivity contribution in [2.24, 2.45) is 0 Å². The van der Waals surface area contributed by atoms with E-state index in [0.29, 0.717) is 35.7 Å². The molecule has 4 rings (SSSR count). The minimum absolute atomic E-state index is 0.0607. The number of hydrogen-bond donors (Lipinski definition) is 2. The molecule has 1 aromatic heterocycles. The first-order valence-electron chi connectivity index (χ1n) is 9.55. The van der Waals surface area contributed by atoms with E-state index in [2.05, 4.69) is 20.2 Å². The maximum absolute atomic E-state index is 12.6. The minimum atomic E-state index is -0.297. The molecule has 0 radical (unpaired) electrons. The lowest BCUT2D eigenvalue weighted by Crippen LogP contribution is -2.42. The molecule has 8 nitrogen and oxygen atoms in total. The third-order valence-corrected chi connectivity index (χ3v) is 5.27. The van der Waals surface area contributed by atoms with Crippen molar-refractivity contribution in [3.05, 3.63) is 51.4 Å². The number of anilines is 2. The van der Waals surface area contributed by atoms with E-state index < -0.39 is 0 Å². The van der Waals surface area contributed by atoms with E-state index >= 15 is 0 Å². The van der Waals surface area contributed by atoms with Gasteiger partial charge < -0.3 is 15.1 Å². The van der Waals surface area contributed by atoms with E-state index in [4.69, 9.17) is 0 Å². The molecule has 0 bridgehead atoms. The first-order chi connectivity index (χ1) is 13.5. The van der Waals surface area contributed by atoms with Crippen LogP contribution in [0.5, 0.6) is 0 Å². The lowest BCUT2D eigenvalue weighted by molar-refractivity contribution is 0.101. The zero-order valence-electron chi connectivity index (χ0n) is 15.8. The highest BCUT2D eigenvalue weighted by Crippen LogP contribution is 2.20. The summed E-state index contributed by atoms with van der Waals surface area (Å²) in [6.45, 7) is 4.01. The number of fused-ring (bicyclic) bond motifs is 1. The molecule has 0 unspecified atom stereocenters. The highest BCUT2D eigenvalue weighted by Gasteiger charge is 2.26. The molecule has 0 saturated carbocycles. The van der Waals surface area contributed by atoms with Crippen molar-refractivity contribution in [2.45, 2.75) is 32.7 Å². The topological polar surface area (TPSA) is 98.4 Å². The molecular formula is C20H23N5O3. The lowest BCUT2D eigenvalue weighted by Gasteiger charge is -2.28. The summed E-state index contributed by atoms with van der Waals surface area (Å²) in [5.74, 6) is 0.578. The van der Waals surface area contributed by atoms with Crippen LogP contribution in [-0.4, -0.2) is 46.3 Å². The summed E-state index contributed by atoms with van der Waals surface area (Å²) in [4.78, 5) is 47.9. The van der Waals surface area contributed by atoms with Gasteiger partial charge in [-0.05, 0) is 31.9 Å². The van der Waals surface area contributed by atoms with Crippen LogP contribution in [0.15, 0.2) is 29.1 Å². The molecule has 0 aliphatic carbocycles. The van der Waals surface area contributed by atoms with Crippen LogP contribution < -0.4 is 15.8 Å². The highest BCUT2D eigenvalue weighted by molar-refractivity contribution is 5.96. The predicted molar refractivity (Wildman–Crippen MR) is 106 cm³/mol. The molecule has 2 aliphatic heterocycles. The van der Waals surface area contributed by atoms with Gasteiger partial charge in [-0.1, -0.05) is 12.1 Å². The number of carbonyl (C=O) groups excluding carboxylic acids is 2. The number of H-pyrrole nitrogens is 1. The average Bonchev–Trinajstić information content (AvgIpc) is 3.22. The highest BCUT2D eigenvalue weighted by atomic mass is 16.2. The molecule has 0 atom stereocenters. The van der Waals surface area contributed by atoms with Crippen LogP contribution in [-0.2, 0) is 13.0 Å². The molecular weight excluding hydrogens is 358 g/mol. The fraction of sp³-hybridized carbons (Fsp3) is 0.400. The van der Waals surface area contributed by atoms with Gasteiger partial charge in [0.05, 0.1) is 17.8 Å². The van der Waals surface area contributed by atoms with Gasteiger partial charge in [-0.2, -0.15) is 0 Å². The number of amides is 2. The molecule has 2 amide bonds. The molecule has 146 valence electrons. The summed E-state index contributed by atoms with van der Waals surface area (Å²) in [7, 11) is 0. The van der Waals surface area contributed by atoms with Gasteiger partial charge in [0.15, 0.2) is 5.78 Å². The van der Waals surface area contributed by atoms with Gasteiger partial charge >= 0.3 is 6.03 Å². The first-order valence-corrected chi connectivity index (χ1v) is 9.55. The normalized spacial score (nSPS) is 16.0. The molecule has 1 fully saturated rings. The minimum Gasteiger partial charge on any atom is -0.342 e. The second-order valence-corrected chi connectivity index (χ2v) is 7.25. The number of rotatable bonds is 3. The second-order valence-electron chi connectivity index (χ2n) is 7.25. The number of nitrogens with one attached hydrogen (secondary N) is 2. The van der Waals surface area contributed by atoms with Gasteiger partial charge in [-0.15, -0.1) is 0 Å². The van der Waals surface area contributed by atoms with E-state index in [0.717, 1.165) is 31.6 Å². The molecule has 2 N–H and O–H groups in total. The van der Waals surface area contributed by atoms with Crippen LogP contribution in [0.1, 0.15) is 41.4 Å². The van der Waals surface area contributed by atoms with E-state index in [1.807, 2.05) is 0 Å². The Labute approximate surface area is 162 Å². The molecule has 1 saturated heterocycles. The fourth-order valence-corrected chi connectivity index (χ4v) is 3.68. The smallest absolute Gasteiger partial charge is 0.322 e. The zero-order valence-corrected chi connectivity index (χ0v) is 15.8. The Balaban J connectivity index is 1.49. The number of urea groups is 1. The zero-order chi connectivity index (χ0) is 19.7. The number of benzene rings is 1. The van der Waals surface area contributed by atoms with E-state index in [1.54, 1.807) is 29.2 Å². The molecule has 2 aromatic rings. The fourth-order valence-electron chi connectivity index (χ4n) is 3.68. The quantitative estimate of drug-likeness (QED) is 0.794. The number of Topliss-reactive ketones (excluding diaryl/α,β-unsaturated/α-hetero) is 1. The van der Waals surface area contributed by atoms with Crippen LogP contribution in [0, 0.1) is 0 Å². The second kappa shape index (κ2) is 7.46. The Hall–Kier alpha value is -3.16. The predicted octanol–water partition coefficient (Wildman–Crippen LogP) is 2.16. The molecule has 0 spiro atoms. The van der Waals surface area contributed by atoms with Crippen molar-refractivity contribution in [1.82, 2.24) is 14.9 Å². The third kappa shape index (κ3) is 3.62. The Morgan fingerprint density at radius 3 is 2.71 bits per heavy atom. The summed E-state index contributed by atoms with van der Waals surface area (Å²) in [6.07, 6.45) is 2.76. The van der Waals surface area contributed by atoms with Gasteiger partial charge in [0, 0.05) is 37.3 Å². The van der Waals surface area contributed by atoms with Gasteiger partial charge in [0.1, 0.15) is 0 Å². The van der Waals surface area contributed by atoms with Gasteiger partial charge in [-0.25, -0.2) is 9.78 Å². The van der Waals surface area contributed by atoms with Crippen LogP contribution in [0.3, 0.4) is 0 Å². The van der Waals surface area contributed by atoms with E-state index in [9.17, 15) is 14.4 Å². The van der Waals surface area contributed by atoms with Crippen molar-refractivity contribution in [3.8, 4) is 0 Å². The SMILES string of the molecule is CC(=O)c1cccc(NC(=O)N2CCc3nc(N4CCCC4)[nH]c(=O)c3C2)c1. The van der Waals surface area contributed by atoms with Gasteiger partial charge in [-0.3, -0.25) is 14.6 Å². The molecule has 2 aliphatic rings. The number of hydrogen-bond acceptors (Lipinski definition) is 5. The average molecular weight is 381 g/mol. The molecule has 28 heavy (non-hydrogen) atoms. The van der Waals surface area contributed by atoms with Crippen molar-refractivity contribution in [1.29, 1.82) is 0 Å². The van der Waals surface area contributed by atoms with Crippen molar-refractivity contribution in [2.75, 3.05) is 29.9 Å². The maximum atomic E-state index is 12.6. The Morgan fingerprint density at radius 1 is 1.18 bits per heavy atom. The standard InChI is InChI=1S/C20H23N5O3/c1-13(26)14-5-4-6-15(11-14)21-20(28)25-10-7-17-16(12-25)18(27)23-19(22-17)24-8-2-3-9-24/h4-6,11H,2-3,7-10,12H2,1H3,(H,21,28)(H,22,23,27). The number of carbonyl (C=O) groups is 2. The summed E-state index contributed by atoms with van der Waals surface area (Å²) in [6, 6.07) is 6.52. The number of aromatic amines is 1. The monoisotopic (exact) mass is 381 g/mol. The Bertz CT molecular complexity index is 978. The van der Waals surface area contributed by atoms with Crippen LogP contribution >= 0.6 is 0 Å². The third-order valence-electron chi connectivity index (χ3n) is 5.27. The van der Waals surface area contributed by atoms with Crippen LogP contribution in [0.2, 0.25) is 0 Å². The Morgan fingerprint density at radius 2 is 1.96 bits per heavy atom. The summed E-state index contributed by atoms with van der Waals surface area (Å²) < 4.78 is 0. The number of nitrogens with zero attached hydrogens (tertiary/aromatic N) is 3. The van der Waals surface area contributed by atoms with Crippen LogP contribution in [0.4, 0.5) is 16.4 Å². The van der Waals surface area contributed by atoms with Crippen molar-refractivity contribution >= 4 is 23.5 Å². The summed E-state index contributed by atoms with van der Waals surface area (Å²) in [5, 5.41) is 2.81. The molecule has 3 heterocycles. The lowest BCUT2D eigenvalue weighted by atomic mass is 10.1. The Kier molecular flexibility index (Phi) is 4.85. The largest absolute Gasteiger partial charge is 0.342 e. The molecule has 8 heteroatoms. The van der Waals surface area contributed by atoms with Gasteiger partial charge in [0.2, 0.25) is 5.95 Å². The summed E-state index contributed by atoms with van der Waals surface area (Å²) >= 11 is 0. The molecule has 1 aromatic carbocycles. The first kappa shape index (κ1) is 18.2. The number of aromatic nitrogens is 2. The number of ketones is 1. The maximum Gasteiger partial charge on any atom is 0.322 e. The van der Waals surface area contributed by atoms with Gasteiger partial charge in [0.25, 0.3) is 5.56 Å².